The molecule has 0 aromatic heterocycles. The van der Waals surface area contributed by atoms with E-state index in [1.165, 1.54) is 0 Å². The second-order valence-corrected chi connectivity index (χ2v) is 5.12. The average Bonchev–Trinajstić information content (AvgIpc) is 2.87. The van der Waals surface area contributed by atoms with Gasteiger partial charge in [-0.05, 0) is 32.6 Å². The number of hydrogen-bond donors (Lipinski definition) is 3. The Labute approximate surface area is 113 Å². The monoisotopic (exact) mass is 272 g/mol. The van der Waals surface area contributed by atoms with Gasteiger partial charge in [0.2, 0.25) is 0 Å². The molecule has 0 radical (unpaired) electrons. The summed E-state index contributed by atoms with van der Waals surface area (Å²) in [5, 5.41) is 14.3. The number of rotatable bonds is 7. The molecule has 6 nitrogen and oxygen atoms in total. The molecule has 1 aliphatic heterocycles. The quantitative estimate of drug-likeness (QED) is 0.610. The summed E-state index contributed by atoms with van der Waals surface area (Å²) >= 11 is 0. The highest BCUT2D eigenvalue weighted by molar-refractivity contribution is 5.74. The van der Waals surface area contributed by atoms with Crippen LogP contribution >= 0.6 is 0 Å². The van der Waals surface area contributed by atoms with Gasteiger partial charge in [-0.2, -0.15) is 0 Å². The van der Waals surface area contributed by atoms with Crippen LogP contribution in [0.3, 0.4) is 0 Å². The van der Waals surface area contributed by atoms with Crippen LogP contribution in [0.5, 0.6) is 0 Å². The van der Waals surface area contributed by atoms with Crippen LogP contribution in [0.2, 0.25) is 0 Å². The largest absolute Gasteiger partial charge is 0.481 e. The van der Waals surface area contributed by atoms with Gasteiger partial charge in [-0.25, -0.2) is 4.79 Å². The lowest BCUT2D eigenvalue weighted by Crippen LogP contribution is -2.46. The van der Waals surface area contributed by atoms with Gasteiger partial charge < -0.3 is 20.5 Å². The van der Waals surface area contributed by atoms with Gasteiger partial charge in [0, 0.05) is 13.2 Å². The SMILES string of the molecule is CC(CCCNC(=O)NC(C)C1CCCO1)C(=O)O. The normalized spacial score (nSPS) is 21.7. The summed E-state index contributed by atoms with van der Waals surface area (Å²) < 4.78 is 5.49. The van der Waals surface area contributed by atoms with E-state index >= 15 is 0 Å². The summed E-state index contributed by atoms with van der Waals surface area (Å²) in [5.41, 5.74) is 0. The number of amides is 2. The summed E-state index contributed by atoms with van der Waals surface area (Å²) in [7, 11) is 0. The van der Waals surface area contributed by atoms with Crippen LogP contribution < -0.4 is 10.6 Å². The van der Waals surface area contributed by atoms with Crippen molar-refractivity contribution in [1.82, 2.24) is 10.6 Å². The first-order chi connectivity index (χ1) is 9.00. The molecule has 1 aliphatic rings. The number of carboxylic acids is 1. The summed E-state index contributed by atoms with van der Waals surface area (Å²) in [6, 6.07) is -0.216. The fourth-order valence-corrected chi connectivity index (χ4v) is 2.08. The summed E-state index contributed by atoms with van der Waals surface area (Å²) in [5.74, 6) is -1.16. The minimum Gasteiger partial charge on any atom is -0.481 e. The van der Waals surface area contributed by atoms with E-state index in [1.54, 1.807) is 6.92 Å². The first-order valence-corrected chi connectivity index (χ1v) is 6.89. The molecular weight excluding hydrogens is 248 g/mol. The van der Waals surface area contributed by atoms with E-state index in [9.17, 15) is 9.59 Å². The number of urea groups is 1. The Morgan fingerprint density at radius 2 is 2.16 bits per heavy atom. The molecule has 1 rings (SSSR count). The van der Waals surface area contributed by atoms with Gasteiger partial charge in [0.05, 0.1) is 18.1 Å². The van der Waals surface area contributed by atoms with Crippen LogP contribution in [-0.4, -0.2) is 42.4 Å². The molecule has 1 fully saturated rings. The molecule has 110 valence electrons. The zero-order chi connectivity index (χ0) is 14.3. The lowest BCUT2D eigenvalue weighted by molar-refractivity contribution is -0.141. The van der Waals surface area contributed by atoms with Gasteiger partial charge in [-0.1, -0.05) is 6.92 Å². The number of hydrogen-bond acceptors (Lipinski definition) is 3. The average molecular weight is 272 g/mol. The zero-order valence-corrected chi connectivity index (χ0v) is 11.6. The van der Waals surface area contributed by atoms with Crippen molar-refractivity contribution in [3.63, 3.8) is 0 Å². The first kappa shape index (κ1) is 15.8. The number of carbonyl (C=O) groups excluding carboxylic acids is 1. The molecule has 1 heterocycles. The van der Waals surface area contributed by atoms with E-state index in [1.807, 2.05) is 6.92 Å². The third-order valence-corrected chi connectivity index (χ3v) is 3.40. The van der Waals surface area contributed by atoms with Gasteiger partial charge in [-0.3, -0.25) is 4.79 Å². The van der Waals surface area contributed by atoms with Crippen LogP contribution in [0, 0.1) is 5.92 Å². The highest BCUT2D eigenvalue weighted by atomic mass is 16.5. The third-order valence-electron chi connectivity index (χ3n) is 3.40. The zero-order valence-electron chi connectivity index (χ0n) is 11.6. The van der Waals surface area contributed by atoms with Crippen molar-refractivity contribution in [2.75, 3.05) is 13.2 Å². The lowest BCUT2D eigenvalue weighted by Gasteiger charge is -2.20. The Morgan fingerprint density at radius 1 is 1.42 bits per heavy atom. The third kappa shape index (κ3) is 5.92. The van der Waals surface area contributed by atoms with E-state index < -0.39 is 5.97 Å². The van der Waals surface area contributed by atoms with Crippen LogP contribution in [-0.2, 0) is 9.53 Å². The summed E-state index contributed by atoms with van der Waals surface area (Å²) in [6.45, 7) is 4.86. The Kier molecular flexibility index (Phi) is 6.62. The fraction of sp³-hybridized carbons (Fsp3) is 0.846. The molecule has 0 spiro atoms. The van der Waals surface area contributed by atoms with Crippen molar-refractivity contribution >= 4 is 12.0 Å². The lowest BCUT2D eigenvalue weighted by atomic mass is 10.1. The molecule has 0 aromatic rings. The molecule has 6 heteroatoms. The maximum absolute atomic E-state index is 11.6. The Hall–Kier alpha value is -1.30. The highest BCUT2D eigenvalue weighted by Gasteiger charge is 2.23. The van der Waals surface area contributed by atoms with Gasteiger partial charge in [0.15, 0.2) is 0 Å². The topological polar surface area (TPSA) is 87.7 Å². The smallest absolute Gasteiger partial charge is 0.315 e. The second-order valence-electron chi connectivity index (χ2n) is 5.12. The fourth-order valence-electron chi connectivity index (χ4n) is 2.08. The maximum atomic E-state index is 11.6. The maximum Gasteiger partial charge on any atom is 0.315 e. The molecule has 1 saturated heterocycles. The van der Waals surface area contributed by atoms with Gasteiger partial charge >= 0.3 is 12.0 Å². The Morgan fingerprint density at radius 3 is 2.74 bits per heavy atom. The minimum absolute atomic E-state index is 0.000410. The number of aliphatic carboxylic acids is 1. The van der Waals surface area contributed by atoms with E-state index in [2.05, 4.69) is 10.6 Å². The van der Waals surface area contributed by atoms with E-state index in [4.69, 9.17) is 9.84 Å². The first-order valence-electron chi connectivity index (χ1n) is 6.89. The molecule has 3 N–H and O–H groups in total. The van der Waals surface area contributed by atoms with E-state index in [-0.39, 0.29) is 24.1 Å². The predicted molar refractivity (Wildman–Crippen MR) is 71.0 cm³/mol. The van der Waals surface area contributed by atoms with Gasteiger partial charge in [0.1, 0.15) is 0 Å². The van der Waals surface area contributed by atoms with Crippen molar-refractivity contribution in [1.29, 1.82) is 0 Å². The highest BCUT2D eigenvalue weighted by Crippen LogP contribution is 2.15. The predicted octanol–water partition coefficient (Wildman–Crippen LogP) is 1.35. The summed E-state index contributed by atoms with van der Waals surface area (Å²) in [6.07, 6.45) is 3.37. The van der Waals surface area contributed by atoms with Crippen molar-refractivity contribution in [3.05, 3.63) is 0 Å². The molecule has 0 aromatic carbocycles. The molecular formula is C13H24N2O4. The second kappa shape index (κ2) is 7.99. The molecule has 0 saturated carbocycles. The Balaban J connectivity index is 2.09. The molecule has 0 aliphatic carbocycles. The number of nitrogens with one attached hydrogen (secondary N) is 2. The molecule has 0 bridgehead atoms. The minimum atomic E-state index is -0.795. The van der Waals surface area contributed by atoms with Crippen LogP contribution in [0.25, 0.3) is 0 Å². The van der Waals surface area contributed by atoms with Gasteiger partial charge in [0.25, 0.3) is 0 Å². The van der Waals surface area contributed by atoms with Crippen molar-refractivity contribution in [2.45, 2.75) is 51.7 Å². The van der Waals surface area contributed by atoms with Crippen LogP contribution in [0.4, 0.5) is 4.79 Å². The van der Waals surface area contributed by atoms with Crippen molar-refractivity contribution < 1.29 is 19.4 Å². The van der Waals surface area contributed by atoms with Gasteiger partial charge in [-0.15, -0.1) is 0 Å². The Bertz CT molecular complexity index is 303. The van der Waals surface area contributed by atoms with Crippen molar-refractivity contribution in [3.8, 4) is 0 Å². The van der Waals surface area contributed by atoms with E-state index in [0.29, 0.717) is 19.4 Å². The molecule has 19 heavy (non-hydrogen) atoms. The summed E-state index contributed by atoms with van der Waals surface area (Å²) in [4.78, 5) is 22.2. The molecule has 3 atom stereocenters. The molecule has 3 unspecified atom stereocenters. The van der Waals surface area contributed by atoms with Crippen molar-refractivity contribution in [2.24, 2.45) is 5.92 Å². The van der Waals surface area contributed by atoms with Crippen LogP contribution in [0.1, 0.15) is 39.5 Å². The number of ether oxygens (including phenoxy) is 1. The van der Waals surface area contributed by atoms with Crippen LogP contribution in [0.15, 0.2) is 0 Å². The van der Waals surface area contributed by atoms with E-state index in [0.717, 1.165) is 19.4 Å². The standard InChI is InChI=1S/C13H24N2O4/c1-9(12(16)17)5-3-7-14-13(18)15-10(2)11-6-4-8-19-11/h9-11H,3-8H2,1-2H3,(H,16,17)(H2,14,15,18). The molecule has 2 amide bonds. The number of carbonyl (C=O) groups is 2. The number of carboxylic acid groups (broad SMARTS) is 1.